The molecule has 1 aromatic heterocycles. The van der Waals surface area contributed by atoms with E-state index in [0.29, 0.717) is 43.4 Å². The van der Waals surface area contributed by atoms with E-state index in [9.17, 15) is 4.79 Å². The van der Waals surface area contributed by atoms with Gasteiger partial charge in [-0.2, -0.15) is 0 Å². The lowest BCUT2D eigenvalue weighted by atomic mass is 10.2. The van der Waals surface area contributed by atoms with Gasteiger partial charge in [0.25, 0.3) is 0 Å². The molecule has 0 aliphatic rings. The summed E-state index contributed by atoms with van der Waals surface area (Å²) in [5.74, 6) is 0.0303. The summed E-state index contributed by atoms with van der Waals surface area (Å²) in [5, 5.41) is 3.11. The third kappa shape index (κ3) is 5.97. The number of nitrogens with one attached hydrogen (secondary N) is 1. The van der Waals surface area contributed by atoms with Crippen LogP contribution in [0.15, 0.2) is 12.3 Å². The molecule has 21 heavy (non-hydrogen) atoms. The SMILES string of the molecule is COCCOCCCCNc1nccc(C(=O)OC)c1N. The average Bonchev–Trinajstić information content (AvgIpc) is 2.50. The van der Waals surface area contributed by atoms with E-state index in [1.54, 1.807) is 7.11 Å². The Hall–Kier alpha value is -1.86. The number of hydrogen-bond acceptors (Lipinski definition) is 7. The Bertz CT molecular complexity index is 440. The number of nitrogens with zero attached hydrogens (tertiary/aromatic N) is 1. The molecule has 0 saturated carbocycles. The number of esters is 1. The van der Waals surface area contributed by atoms with Crippen LogP contribution >= 0.6 is 0 Å². The van der Waals surface area contributed by atoms with E-state index in [4.69, 9.17) is 15.2 Å². The smallest absolute Gasteiger partial charge is 0.340 e. The molecule has 0 saturated heterocycles. The van der Waals surface area contributed by atoms with Crippen molar-refractivity contribution in [2.75, 3.05) is 51.6 Å². The first-order chi connectivity index (χ1) is 10.2. The maximum absolute atomic E-state index is 11.5. The van der Waals surface area contributed by atoms with E-state index >= 15 is 0 Å². The van der Waals surface area contributed by atoms with E-state index in [-0.39, 0.29) is 0 Å². The minimum Gasteiger partial charge on any atom is -0.465 e. The van der Waals surface area contributed by atoms with E-state index in [0.717, 1.165) is 12.8 Å². The van der Waals surface area contributed by atoms with Crippen LogP contribution in [0.1, 0.15) is 23.2 Å². The number of anilines is 2. The highest BCUT2D eigenvalue weighted by molar-refractivity contribution is 5.97. The van der Waals surface area contributed by atoms with E-state index in [2.05, 4.69) is 15.0 Å². The Morgan fingerprint density at radius 3 is 2.81 bits per heavy atom. The monoisotopic (exact) mass is 297 g/mol. The average molecular weight is 297 g/mol. The standard InChI is InChI=1S/C14H23N3O4/c1-19-9-10-21-8-4-3-6-16-13-12(15)11(5-7-17-13)14(18)20-2/h5,7H,3-4,6,8-10,15H2,1-2H3,(H,16,17). The summed E-state index contributed by atoms with van der Waals surface area (Å²) in [6.07, 6.45) is 3.36. The summed E-state index contributed by atoms with van der Waals surface area (Å²) < 4.78 is 14.9. The van der Waals surface area contributed by atoms with Gasteiger partial charge in [-0.25, -0.2) is 9.78 Å². The van der Waals surface area contributed by atoms with Gasteiger partial charge in [0.05, 0.1) is 31.6 Å². The molecule has 0 aliphatic heterocycles. The lowest BCUT2D eigenvalue weighted by molar-refractivity contribution is 0.0602. The van der Waals surface area contributed by atoms with Crippen molar-refractivity contribution in [1.82, 2.24) is 4.98 Å². The predicted octanol–water partition coefficient (Wildman–Crippen LogP) is 1.31. The molecule has 7 heteroatoms. The first-order valence-corrected chi connectivity index (χ1v) is 6.84. The molecule has 1 aromatic rings. The minimum absolute atomic E-state index is 0.306. The number of ether oxygens (including phenoxy) is 3. The van der Waals surface area contributed by atoms with Gasteiger partial charge in [0.1, 0.15) is 5.82 Å². The molecule has 0 spiro atoms. The number of hydrogen-bond donors (Lipinski definition) is 2. The van der Waals surface area contributed by atoms with Crippen molar-refractivity contribution in [2.45, 2.75) is 12.8 Å². The summed E-state index contributed by atoms with van der Waals surface area (Å²) in [7, 11) is 2.96. The van der Waals surface area contributed by atoms with Gasteiger partial charge >= 0.3 is 5.97 Å². The maximum atomic E-state index is 11.5. The Kier molecular flexibility index (Phi) is 8.15. The van der Waals surface area contributed by atoms with Crippen molar-refractivity contribution in [3.05, 3.63) is 17.8 Å². The van der Waals surface area contributed by atoms with Crippen LogP contribution in [-0.2, 0) is 14.2 Å². The fourth-order valence-corrected chi connectivity index (χ4v) is 1.68. The Morgan fingerprint density at radius 2 is 2.10 bits per heavy atom. The van der Waals surface area contributed by atoms with Crippen molar-refractivity contribution in [1.29, 1.82) is 0 Å². The first kappa shape index (κ1) is 17.2. The second kappa shape index (κ2) is 9.95. The van der Waals surface area contributed by atoms with Gasteiger partial charge in [0, 0.05) is 26.5 Å². The predicted molar refractivity (Wildman–Crippen MR) is 80.4 cm³/mol. The van der Waals surface area contributed by atoms with Crippen molar-refractivity contribution >= 4 is 17.5 Å². The van der Waals surface area contributed by atoms with Crippen LogP contribution in [0.25, 0.3) is 0 Å². The molecule has 3 N–H and O–H groups in total. The van der Waals surface area contributed by atoms with Crippen molar-refractivity contribution in [3.8, 4) is 0 Å². The van der Waals surface area contributed by atoms with Crippen LogP contribution in [0.4, 0.5) is 11.5 Å². The third-order valence-corrected chi connectivity index (χ3v) is 2.84. The molecule has 0 radical (unpaired) electrons. The molecule has 0 atom stereocenters. The highest BCUT2D eigenvalue weighted by atomic mass is 16.5. The van der Waals surface area contributed by atoms with Crippen LogP contribution < -0.4 is 11.1 Å². The number of pyridine rings is 1. The number of unbranched alkanes of at least 4 members (excludes halogenated alkanes) is 1. The molecule has 0 fully saturated rings. The molecule has 7 nitrogen and oxygen atoms in total. The molecule has 118 valence electrons. The zero-order valence-corrected chi connectivity index (χ0v) is 12.6. The first-order valence-electron chi connectivity index (χ1n) is 6.84. The highest BCUT2D eigenvalue weighted by Crippen LogP contribution is 2.20. The molecule has 0 amide bonds. The van der Waals surface area contributed by atoms with Gasteiger partial charge in [-0.1, -0.05) is 0 Å². The Balaban J connectivity index is 2.31. The summed E-state index contributed by atoms with van der Waals surface area (Å²) in [4.78, 5) is 15.6. The molecular formula is C14H23N3O4. The summed E-state index contributed by atoms with van der Waals surface area (Å²) in [5.41, 5.74) is 6.51. The van der Waals surface area contributed by atoms with Gasteiger partial charge in [-0.15, -0.1) is 0 Å². The van der Waals surface area contributed by atoms with Gasteiger partial charge in [-0.05, 0) is 18.9 Å². The zero-order valence-electron chi connectivity index (χ0n) is 12.6. The van der Waals surface area contributed by atoms with Crippen LogP contribution in [0.5, 0.6) is 0 Å². The number of rotatable bonds is 10. The second-order valence-electron chi connectivity index (χ2n) is 4.35. The number of carbonyl (C=O) groups is 1. The molecule has 0 aromatic carbocycles. The molecule has 0 bridgehead atoms. The number of carbonyl (C=O) groups excluding carboxylic acids is 1. The molecular weight excluding hydrogens is 274 g/mol. The second-order valence-corrected chi connectivity index (χ2v) is 4.35. The summed E-state index contributed by atoms with van der Waals surface area (Å²) in [6.45, 7) is 2.62. The largest absolute Gasteiger partial charge is 0.465 e. The van der Waals surface area contributed by atoms with Gasteiger partial charge in [0.2, 0.25) is 0 Å². The van der Waals surface area contributed by atoms with E-state index in [1.807, 2.05) is 0 Å². The highest BCUT2D eigenvalue weighted by Gasteiger charge is 2.13. The number of nitrogen functional groups attached to an aromatic ring is 1. The number of methoxy groups -OCH3 is 2. The normalized spacial score (nSPS) is 10.4. The quantitative estimate of drug-likeness (QED) is 0.496. The minimum atomic E-state index is -0.468. The van der Waals surface area contributed by atoms with Crippen LogP contribution in [0.2, 0.25) is 0 Å². The van der Waals surface area contributed by atoms with Gasteiger partial charge in [0.15, 0.2) is 0 Å². The lowest BCUT2D eigenvalue weighted by Crippen LogP contribution is -2.12. The number of aromatic nitrogens is 1. The van der Waals surface area contributed by atoms with Crippen molar-refractivity contribution in [2.24, 2.45) is 0 Å². The zero-order chi connectivity index (χ0) is 15.5. The number of nitrogens with two attached hydrogens (primary N) is 1. The van der Waals surface area contributed by atoms with Crippen LogP contribution in [0.3, 0.4) is 0 Å². The lowest BCUT2D eigenvalue weighted by Gasteiger charge is -2.10. The van der Waals surface area contributed by atoms with E-state index < -0.39 is 5.97 Å². The fraction of sp³-hybridized carbons (Fsp3) is 0.571. The fourth-order valence-electron chi connectivity index (χ4n) is 1.68. The molecule has 1 heterocycles. The third-order valence-electron chi connectivity index (χ3n) is 2.84. The van der Waals surface area contributed by atoms with Crippen LogP contribution in [0, 0.1) is 0 Å². The molecule has 0 aliphatic carbocycles. The van der Waals surface area contributed by atoms with Crippen LogP contribution in [-0.4, -0.2) is 51.5 Å². The maximum Gasteiger partial charge on any atom is 0.340 e. The Morgan fingerprint density at radius 1 is 1.29 bits per heavy atom. The molecule has 1 rings (SSSR count). The summed E-state index contributed by atoms with van der Waals surface area (Å²) in [6, 6.07) is 1.54. The van der Waals surface area contributed by atoms with E-state index in [1.165, 1.54) is 19.4 Å². The molecule has 0 unspecified atom stereocenters. The van der Waals surface area contributed by atoms with Gasteiger partial charge in [-0.3, -0.25) is 0 Å². The topological polar surface area (TPSA) is 95.7 Å². The van der Waals surface area contributed by atoms with Crippen molar-refractivity contribution < 1.29 is 19.0 Å². The Labute approximate surface area is 124 Å². The van der Waals surface area contributed by atoms with Gasteiger partial charge < -0.3 is 25.3 Å². The summed E-state index contributed by atoms with van der Waals surface area (Å²) >= 11 is 0. The van der Waals surface area contributed by atoms with Crippen molar-refractivity contribution in [3.63, 3.8) is 0 Å².